The van der Waals surface area contributed by atoms with Crippen molar-refractivity contribution in [2.24, 2.45) is 0 Å². The quantitative estimate of drug-likeness (QED) is 0.437. The summed E-state index contributed by atoms with van der Waals surface area (Å²) in [5.74, 6) is -0.691. The summed E-state index contributed by atoms with van der Waals surface area (Å²) in [6.45, 7) is 1.11. The van der Waals surface area contributed by atoms with Gasteiger partial charge < -0.3 is 4.90 Å². The minimum absolute atomic E-state index is 0.00376. The summed E-state index contributed by atoms with van der Waals surface area (Å²) in [6, 6.07) is 5.95. The first-order chi connectivity index (χ1) is 13.0. The fourth-order valence-electron chi connectivity index (χ4n) is 2.81. The van der Waals surface area contributed by atoms with Crippen molar-refractivity contribution in [3.63, 3.8) is 0 Å². The summed E-state index contributed by atoms with van der Waals surface area (Å²) < 4.78 is 0. The number of thioether (sulfide) groups is 1. The van der Waals surface area contributed by atoms with Crippen LogP contribution in [0.1, 0.15) is 18.4 Å². The zero-order chi connectivity index (χ0) is 19.4. The molecule has 0 aliphatic carbocycles. The molecule has 0 bridgehead atoms. The molecular formula is C18H17N3O5S. The van der Waals surface area contributed by atoms with Crippen molar-refractivity contribution in [3.8, 4) is 0 Å². The van der Waals surface area contributed by atoms with E-state index in [2.05, 4.69) is 0 Å². The second kappa shape index (κ2) is 8.17. The monoisotopic (exact) mass is 387 g/mol. The van der Waals surface area contributed by atoms with E-state index in [1.54, 1.807) is 29.2 Å². The summed E-state index contributed by atoms with van der Waals surface area (Å²) in [4.78, 5) is 49.6. The van der Waals surface area contributed by atoms with Gasteiger partial charge in [-0.2, -0.15) is 0 Å². The number of nitro groups is 1. The predicted molar refractivity (Wildman–Crippen MR) is 101 cm³/mol. The third kappa shape index (κ3) is 4.43. The van der Waals surface area contributed by atoms with E-state index >= 15 is 0 Å². The number of rotatable bonds is 5. The average molecular weight is 387 g/mol. The van der Waals surface area contributed by atoms with E-state index < -0.39 is 16.1 Å². The fourth-order valence-corrected chi connectivity index (χ4v) is 3.60. The van der Waals surface area contributed by atoms with Gasteiger partial charge in [0.1, 0.15) is 6.54 Å². The Morgan fingerprint density at radius 2 is 1.85 bits per heavy atom. The van der Waals surface area contributed by atoms with Crippen LogP contribution < -0.4 is 0 Å². The number of imide groups is 1. The molecular weight excluding hydrogens is 370 g/mol. The Morgan fingerprint density at radius 1 is 1.19 bits per heavy atom. The van der Waals surface area contributed by atoms with Crippen molar-refractivity contribution in [2.75, 3.05) is 19.6 Å². The SMILES string of the molecule is O=C(CN1C(=O)S/C(=C\C=C\c2ccc([N+](=O)[O-])cc2)C1=O)N1CCCC1. The zero-order valence-corrected chi connectivity index (χ0v) is 15.2. The van der Waals surface area contributed by atoms with Gasteiger partial charge in [-0.25, -0.2) is 0 Å². The molecule has 8 nitrogen and oxygen atoms in total. The van der Waals surface area contributed by atoms with Crippen LogP contribution in [0.2, 0.25) is 0 Å². The lowest BCUT2D eigenvalue weighted by Gasteiger charge is -2.18. The van der Waals surface area contributed by atoms with E-state index in [1.165, 1.54) is 18.2 Å². The molecule has 27 heavy (non-hydrogen) atoms. The average Bonchev–Trinajstić information content (AvgIpc) is 3.27. The zero-order valence-electron chi connectivity index (χ0n) is 14.4. The lowest BCUT2D eigenvalue weighted by molar-refractivity contribution is -0.384. The number of allylic oxidation sites excluding steroid dienone is 2. The normalized spacial score (nSPS) is 18.9. The minimum Gasteiger partial charge on any atom is -0.341 e. The van der Waals surface area contributed by atoms with Crippen LogP contribution in [0, 0.1) is 10.1 Å². The Bertz CT molecular complexity index is 841. The second-order valence-electron chi connectivity index (χ2n) is 6.09. The molecule has 0 spiro atoms. The Labute approximate surface area is 159 Å². The van der Waals surface area contributed by atoms with Crippen molar-refractivity contribution in [3.05, 3.63) is 57.0 Å². The number of hydrogen-bond donors (Lipinski definition) is 0. The summed E-state index contributed by atoms with van der Waals surface area (Å²) in [6.07, 6.45) is 6.67. The summed E-state index contributed by atoms with van der Waals surface area (Å²) >= 11 is 0.795. The van der Waals surface area contributed by atoms with Gasteiger partial charge in [0.15, 0.2) is 0 Å². The van der Waals surface area contributed by atoms with E-state index in [4.69, 9.17) is 0 Å². The van der Waals surface area contributed by atoms with Gasteiger partial charge in [0.05, 0.1) is 9.83 Å². The number of benzene rings is 1. The molecule has 0 atom stereocenters. The van der Waals surface area contributed by atoms with Crippen LogP contribution in [-0.4, -0.2) is 51.4 Å². The van der Waals surface area contributed by atoms with Gasteiger partial charge in [-0.1, -0.05) is 12.2 Å². The largest absolute Gasteiger partial charge is 0.341 e. The topological polar surface area (TPSA) is 101 Å². The van der Waals surface area contributed by atoms with Crippen LogP contribution in [0.5, 0.6) is 0 Å². The van der Waals surface area contributed by atoms with Crippen LogP contribution >= 0.6 is 11.8 Å². The van der Waals surface area contributed by atoms with E-state index in [-0.39, 0.29) is 23.0 Å². The predicted octanol–water partition coefficient (Wildman–Crippen LogP) is 2.81. The number of nitro benzene ring substituents is 1. The van der Waals surface area contributed by atoms with E-state index in [1.807, 2.05) is 0 Å². The van der Waals surface area contributed by atoms with Gasteiger partial charge >= 0.3 is 0 Å². The maximum absolute atomic E-state index is 12.4. The lowest BCUT2D eigenvalue weighted by atomic mass is 10.2. The smallest absolute Gasteiger partial charge is 0.294 e. The molecule has 0 saturated carbocycles. The highest BCUT2D eigenvalue weighted by atomic mass is 32.2. The summed E-state index contributed by atoms with van der Waals surface area (Å²) in [5, 5.41) is 10.2. The first-order valence-electron chi connectivity index (χ1n) is 8.40. The van der Waals surface area contributed by atoms with Crippen LogP contribution in [0.3, 0.4) is 0 Å². The molecule has 0 radical (unpaired) electrons. The molecule has 3 amide bonds. The minimum atomic E-state index is -0.481. The Balaban J connectivity index is 1.63. The first-order valence-corrected chi connectivity index (χ1v) is 9.21. The molecule has 140 valence electrons. The number of amides is 3. The van der Waals surface area contributed by atoms with Crippen molar-refractivity contribution >= 4 is 40.6 Å². The van der Waals surface area contributed by atoms with Gasteiger partial charge in [-0.3, -0.25) is 29.4 Å². The van der Waals surface area contributed by atoms with Crippen molar-refractivity contribution < 1.29 is 19.3 Å². The maximum atomic E-state index is 12.4. The number of likely N-dealkylation sites (tertiary alicyclic amines) is 1. The molecule has 1 aromatic carbocycles. The number of nitrogens with zero attached hydrogens (tertiary/aromatic N) is 3. The third-order valence-corrected chi connectivity index (χ3v) is 5.19. The summed E-state index contributed by atoms with van der Waals surface area (Å²) in [5.41, 5.74) is 0.719. The van der Waals surface area contributed by atoms with Crippen LogP contribution in [0.15, 0.2) is 41.3 Å². The molecule has 0 aromatic heterocycles. The van der Waals surface area contributed by atoms with Gasteiger partial charge in [-0.15, -0.1) is 0 Å². The van der Waals surface area contributed by atoms with Gasteiger partial charge in [-0.05, 0) is 48.4 Å². The molecule has 0 unspecified atom stereocenters. The Kier molecular flexibility index (Phi) is 5.70. The number of non-ortho nitro benzene ring substituents is 1. The van der Waals surface area contributed by atoms with Crippen molar-refractivity contribution in [2.45, 2.75) is 12.8 Å². The van der Waals surface area contributed by atoms with Crippen LogP contribution in [0.25, 0.3) is 6.08 Å². The molecule has 1 aromatic rings. The Morgan fingerprint density at radius 3 is 2.48 bits per heavy atom. The highest BCUT2D eigenvalue weighted by molar-refractivity contribution is 8.18. The molecule has 2 fully saturated rings. The van der Waals surface area contributed by atoms with Gasteiger partial charge in [0, 0.05) is 25.2 Å². The molecule has 2 heterocycles. The number of carbonyl (C=O) groups excluding carboxylic acids is 3. The second-order valence-corrected chi connectivity index (χ2v) is 7.08. The van der Waals surface area contributed by atoms with E-state index in [0.717, 1.165) is 35.1 Å². The number of hydrogen-bond acceptors (Lipinski definition) is 6. The molecule has 9 heteroatoms. The standard InChI is InChI=1S/C18H17N3O5S/c22-16(19-10-1-2-11-19)12-20-17(23)15(27-18(20)24)5-3-4-13-6-8-14(9-7-13)21(25)26/h3-9H,1-2,10-12H2/b4-3+,15-5-. The fraction of sp³-hybridized carbons (Fsp3) is 0.278. The third-order valence-electron chi connectivity index (χ3n) is 4.27. The van der Waals surface area contributed by atoms with Crippen LogP contribution in [-0.2, 0) is 9.59 Å². The molecule has 2 aliphatic rings. The van der Waals surface area contributed by atoms with Crippen molar-refractivity contribution in [1.29, 1.82) is 0 Å². The summed E-state index contributed by atoms with van der Waals surface area (Å²) in [7, 11) is 0. The Hall–Kier alpha value is -2.94. The van der Waals surface area contributed by atoms with Crippen LogP contribution in [0.4, 0.5) is 10.5 Å². The first kappa shape index (κ1) is 18.8. The molecule has 0 N–H and O–H groups in total. The number of carbonyl (C=O) groups is 3. The van der Waals surface area contributed by atoms with Crippen molar-refractivity contribution in [1.82, 2.24) is 9.80 Å². The maximum Gasteiger partial charge on any atom is 0.294 e. The molecule has 2 aliphatic heterocycles. The highest BCUT2D eigenvalue weighted by Crippen LogP contribution is 2.30. The van der Waals surface area contributed by atoms with Gasteiger partial charge in [0.25, 0.3) is 16.8 Å². The van der Waals surface area contributed by atoms with Gasteiger partial charge in [0.2, 0.25) is 5.91 Å². The lowest BCUT2D eigenvalue weighted by Crippen LogP contribution is -2.40. The highest BCUT2D eigenvalue weighted by Gasteiger charge is 2.37. The molecule has 3 rings (SSSR count). The molecule has 2 saturated heterocycles. The van der Waals surface area contributed by atoms with E-state index in [0.29, 0.717) is 13.1 Å². The van der Waals surface area contributed by atoms with E-state index in [9.17, 15) is 24.5 Å².